The fourth-order valence-corrected chi connectivity index (χ4v) is 2.75. The summed E-state index contributed by atoms with van der Waals surface area (Å²) in [4.78, 5) is 0. The van der Waals surface area contributed by atoms with Gasteiger partial charge in [-0.25, -0.2) is 0 Å². The Labute approximate surface area is 135 Å². The molecule has 2 aromatic carbocycles. The zero-order valence-corrected chi connectivity index (χ0v) is 14.6. The molecule has 0 aromatic heterocycles. The predicted octanol–water partition coefficient (Wildman–Crippen LogP) is 6.06. The van der Waals surface area contributed by atoms with Gasteiger partial charge in [0.05, 0.1) is 0 Å². The van der Waals surface area contributed by atoms with Gasteiger partial charge in [-0.2, -0.15) is 0 Å². The maximum atomic E-state index is 6.17. The van der Waals surface area contributed by atoms with Crippen LogP contribution in [0.25, 0.3) is 0 Å². The molecule has 0 unspecified atom stereocenters. The Morgan fingerprint density at radius 2 is 1.68 bits per heavy atom. The number of rotatable bonds is 3. The lowest BCUT2D eigenvalue weighted by atomic mass is 10.1. The van der Waals surface area contributed by atoms with E-state index < -0.39 is 0 Å². The molecule has 0 N–H and O–H groups in total. The van der Waals surface area contributed by atoms with Crippen molar-refractivity contribution >= 4 is 43.5 Å². The van der Waals surface area contributed by atoms with Crippen LogP contribution in [0.1, 0.15) is 16.7 Å². The van der Waals surface area contributed by atoms with Crippen molar-refractivity contribution < 1.29 is 4.74 Å². The molecular formula is C15H13Br2ClO. The van der Waals surface area contributed by atoms with Crippen molar-refractivity contribution in [3.63, 3.8) is 0 Å². The first-order valence-corrected chi connectivity index (χ1v) is 7.77. The maximum absolute atomic E-state index is 6.17. The summed E-state index contributed by atoms with van der Waals surface area (Å²) < 4.78 is 7.90. The molecule has 0 fully saturated rings. The molecular weight excluding hydrogens is 391 g/mol. The SMILES string of the molecule is Cc1cc(OCc2ccc(Br)cc2Cl)cc(C)c1Br. The van der Waals surface area contributed by atoms with Crippen molar-refractivity contribution in [3.05, 3.63) is 61.0 Å². The molecule has 4 heteroatoms. The van der Waals surface area contributed by atoms with Crippen molar-refractivity contribution in [2.45, 2.75) is 20.5 Å². The van der Waals surface area contributed by atoms with Crippen molar-refractivity contribution in [3.8, 4) is 5.75 Å². The Bertz CT molecular complexity index is 588. The van der Waals surface area contributed by atoms with E-state index in [2.05, 4.69) is 45.7 Å². The quantitative estimate of drug-likeness (QED) is 0.604. The first-order chi connectivity index (χ1) is 8.97. The number of hydrogen-bond donors (Lipinski definition) is 0. The summed E-state index contributed by atoms with van der Waals surface area (Å²) in [5.41, 5.74) is 3.30. The van der Waals surface area contributed by atoms with E-state index in [1.807, 2.05) is 30.3 Å². The van der Waals surface area contributed by atoms with Crippen molar-refractivity contribution in [1.29, 1.82) is 0 Å². The first kappa shape index (κ1) is 14.9. The lowest BCUT2D eigenvalue weighted by Crippen LogP contribution is -1.97. The molecule has 19 heavy (non-hydrogen) atoms. The first-order valence-electron chi connectivity index (χ1n) is 5.81. The minimum Gasteiger partial charge on any atom is -0.489 e. The van der Waals surface area contributed by atoms with Gasteiger partial charge in [0, 0.05) is 19.5 Å². The molecule has 100 valence electrons. The van der Waals surface area contributed by atoms with E-state index in [0.29, 0.717) is 11.6 Å². The Kier molecular flexibility index (Phi) is 4.93. The highest BCUT2D eigenvalue weighted by molar-refractivity contribution is 9.10. The van der Waals surface area contributed by atoms with Gasteiger partial charge >= 0.3 is 0 Å². The van der Waals surface area contributed by atoms with Crippen molar-refractivity contribution in [1.82, 2.24) is 0 Å². The molecule has 0 saturated carbocycles. The Morgan fingerprint density at radius 1 is 1.05 bits per heavy atom. The maximum Gasteiger partial charge on any atom is 0.120 e. The van der Waals surface area contributed by atoms with Crippen LogP contribution in [0.5, 0.6) is 5.75 Å². The van der Waals surface area contributed by atoms with E-state index in [4.69, 9.17) is 16.3 Å². The zero-order valence-electron chi connectivity index (χ0n) is 10.6. The van der Waals surface area contributed by atoms with E-state index >= 15 is 0 Å². The molecule has 0 aliphatic carbocycles. The third-order valence-corrected chi connectivity index (χ3v) is 4.92. The molecule has 0 amide bonds. The Balaban J connectivity index is 2.14. The van der Waals surface area contributed by atoms with Gasteiger partial charge in [0.25, 0.3) is 0 Å². The zero-order chi connectivity index (χ0) is 14.0. The number of ether oxygens (including phenoxy) is 1. The molecule has 0 spiro atoms. The van der Waals surface area contributed by atoms with Crippen LogP contribution in [-0.2, 0) is 6.61 Å². The third kappa shape index (κ3) is 3.74. The number of aryl methyl sites for hydroxylation is 2. The summed E-state index contributed by atoms with van der Waals surface area (Å²) in [6.07, 6.45) is 0. The molecule has 0 bridgehead atoms. The predicted molar refractivity (Wildman–Crippen MR) is 87.1 cm³/mol. The normalized spacial score (nSPS) is 10.6. The Morgan fingerprint density at radius 3 is 2.26 bits per heavy atom. The van der Waals surface area contributed by atoms with Crippen LogP contribution in [0.4, 0.5) is 0 Å². The summed E-state index contributed by atoms with van der Waals surface area (Å²) in [6.45, 7) is 4.57. The third-order valence-electron chi connectivity index (χ3n) is 2.82. The molecule has 0 atom stereocenters. The fraction of sp³-hybridized carbons (Fsp3) is 0.200. The standard InChI is InChI=1S/C15H13Br2ClO/c1-9-5-13(6-10(2)15(9)17)19-8-11-3-4-12(16)7-14(11)18/h3-7H,8H2,1-2H3. The molecule has 2 aromatic rings. The molecule has 0 aliphatic heterocycles. The average molecular weight is 405 g/mol. The topological polar surface area (TPSA) is 9.23 Å². The van der Waals surface area contributed by atoms with Gasteiger partial charge in [0.15, 0.2) is 0 Å². The van der Waals surface area contributed by atoms with Gasteiger partial charge < -0.3 is 4.74 Å². The lowest BCUT2D eigenvalue weighted by Gasteiger charge is -2.11. The van der Waals surface area contributed by atoms with Gasteiger partial charge in [-0.15, -0.1) is 0 Å². The van der Waals surface area contributed by atoms with E-state index in [0.717, 1.165) is 31.4 Å². The Hall–Kier alpha value is -0.510. The number of hydrogen-bond acceptors (Lipinski definition) is 1. The van der Waals surface area contributed by atoms with Crippen LogP contribution < -0.4 is 4.74 Å². The smallest absolute Gasteiger partial charge is 0.120 e. The second kappa shape index (κ2) is 6.29. The van der Waals surface area contributed by atoms with E-state index in [1.54, 1.807) is 0 Å². The number of halogens is 3. The minimum atomic E-state index is 0.465. The van der Waals surface area contributed by atoms with Gasteiger partial charge in [-0.05, 0) is 49.2 Å². The van der Waals surface area contributed by atoms with Crippen LogP contribution >= 0.6 is 43.5 Å². The van der Waals surface area contributed by atoms with E-state index in [-0.39, 0.29) is 0 Å². The molecule has 0 heterocycles. The molecule has 0 aliphatic rings. The van der Waals surface area contributed by atoms with Gasteiger partial charge in [-0.1, -0.05) is 49.5 Å². The summed E-state index contributed by atoms with van der Waals surface area (Å²) in [7, 11) is 0. The average Bonchev–Trinajstić information content (AvgIpc) is 2.34. The molecule has 0 radical (unpaired) electrons. The monoisotopic (exact) mass is 402 g/mol. The van der Waals surface area contributed by atoms with Gasteiger partial charge in [0.2, 0.25) is 0 Å². The molecule has 1 nitrogen and oxygen atoms in total. The minimum absolute atomic E-state index is 0.465. The fourth-order valence-electron chi connectivity index (χ4n) is 1.79. The molecule has 2 rings (SSSR count). The largest absolute Gasteiger partial charge is 0.489 e. The van der Waals surface area contributed by atoms with Crippen molar-refractivity contribution in [2.24, 2.45) is 0 Å². The van der Waals surface area contributed by atoms with E-state index in [9.17, 15) is 0 Å². The second-order valence-electron chi connectivity index (χ2n) is 4.40. The van der Waals surface area contributed by atoms with E-state index in [1.165, 1.54) is 0 Å². The van der Waals surface area contributed by atoms with Gasteiger partial charge in [-0.3, -0.25) is 0 Å². The van der Waals surface area contributed by atoms with Crippen LogP contribution in [0.15, 0.2) is 39.3 Å². The summed E-state index contributed by atoms with van der Waals surface area (Å²) >= 11 is 13.1. The highest BCUT2D eigenvalue weighted by Crippen LogP contribution is 2.28. The lowest BCUT2D eigenvalue weighted by molar-refractivity contribution is 0.306. The highest BCUT2D eigenvalue weighted by Gasteiger charge is 2.05. The van der Waals surface area contributed by atoms with Crippen molar-refractivity contribution in [2.75, 3.05) is 0 Å². The summed E-state index contributed by atoms with van der Waals surface area (Å²) in [6, 6.07) is 9.83. The highest BCUT2D eigenvalue weighted by atomic mass is 79.9. The van der Waals surface area contributed by atoms with Gasteiger partial charge in [0.1, 0.15) is 12.4 Å². The van der Waals surface area contributed by atoms with Crippen LogP contribution in [0, 0.1) is 13.8 Å². The summed E-state index contributed by atoms with van der Waals surface area (Å²) in [5.74, 6) is 0.859. The number of benzene rings is 2. The summed E-state index contributed by atoms with van der Waals surface area (Å²) in [5, 5.41) is 0.708. The van der Waals surface area contributed by atoms with Crippen LogP contribution in [0.3, 0.4) is 0 Å². The van der Waals surface area contributed by atoms with Crippen LogP contribution in [0.2, 0.25) is 5.02 Å². The molecule has 0 saturated heterocycles. The second-order valence-corrected chi connectivity index (χ2v) is 6.51. The van der Waals surface area contributed by atoms with Crippen LogP contribution in [-0.4, -0.2) is 0 Å².